The van der Waals surface area contributed by atoms with E-state index in [9.17, 15) is 4.79 Å². The number of fused-ring (bicyclic) bond motifs is 1. The van der Waals surface area contributed by atoms with Gasteiger partial charge in [-0.1, -0.05) is 37.4 Å². The van der Waals surface area contributed by atoms with Gasteiger partial charge in [-0.15, -0.1) is 0 Å². The molecule has 0 saturated heterocycles. The van der Waals surface area contributed by atoms with Crippen molar-refractivity contribution < 1.29 is 4.79 Å². The molecular formula is C17H20N2O. The van der Waals surface area contributed by atoms with E-state index in [4.69, 9.17) is 5.73 Å². The van der Waals surface area contributed by atoms with Crippen LogP contribution in [0, 0.1) is 0 Å². The first kappa shape index (κ1) is 14.3. The third-order valence-corrected chi connectivity index (χ3v) is 3.51. The molecule has 1 aromatic carbocycles. The summed E-state index contributed by atoms with van der Waals surface area (Å²) in [6, 6.07) is 7.97. The van der Waals surface area contributed by atoms with Crippen molar-refractivity contribution in [3.05, 3.63) is 66.4 Å². The molecule has 20 heavy (non-hydrogen) atoms. The summed E-state index contributed by atoms with van der Waals surface area (Å²) in [5.41, 5.74) is 9.49. The number of carbonyl (C=O) groups excluding carboxylic acids is 1. The lowest BCUT2D eigenvalue weighted by molar-refractivity contribution is -0.117. The summed E-state index contributed by atoms with van der Waals surface area (Å²) in [7, 11) is 0. The maximum atomic E-state index is 12.5. The van der Waals surface area contributed by atoms with Crippen LogP contribution in [0.1, 0.15) is 18.4 Å². The van der Waals surface area contributed by atoms with Crippen LogP contribution in [0.3, 0.4) is 0 Å². The zero-order valence-electron chi connectivity index (χ0n) is 11.6. The Balaban J connectivity index is 2.60. The number of anilines is 1. The van der Waals surface area contributed by atoms with Crippen LogP contribution < -0.4 is 10.6 Å². The van der Waals surface area contributed by atoms with Gasteiger partial charge in [-0.2, -0.15) is 0 Å². The van der Waals surface area contributed by atoms with Crippen molar-refractivity contribution in [2.75, 3.05) is 11.4 Å². The number of carbonyl (C=O) groups is 1. The lowest BCUT2D eigenvalue weighted by Gasteiger charge is -2.25. The monoisotopic (exact) mass is 268 g/mol. The standard InChI is InChI=1S/C17H20N2O/c1-3-13-9-10-14-7-5-6-8-16(14)19(15(13)4-2)17(20)11-12-18/h3-8H,1-2,9-12,18H2. The number of hydrogen-bond donors (Lipinski definition) is 1. The van der Waals surface area contributed by atoms with E-state index in [1.54, 1.807) is 11.0 Å². The molecule has 2 N–H and O–H groups in total. The summed E-state index contributed by atoms with van der Waals surface area (Å²) < 4.78 is 0. The van der Waals surface area contributed by atoms with Crippen molar-refractivity contribution in [2.24, 2.45) is 5.73 Å². The van der Waals surface area contributed by atoms with Crippen molar-refractivity contribution in [1.29, 1.82) is 0 Å². The Morgan fingerprint density at radius 1 is 1.25 bits per heavy atom. The first-order chi connectivity index (χ1) is 9.72. The highest BCUT2D eigenvalue weighted by Crippen LogP contribution is 2.33. The molecule has 3 nitrogen and oxygen atoms in total. The topological polar surface area (TPSA) is 46.3 Å². The minimum Gasteiger partial charge on any atom is -0.330 e. The minimum atomic E-state index is -0.00361. The third-order valence-electron chi connectivity index (χ3n) is 3.51. The fourth-order valence-corrected chi connectivity index (χ4v) is 2.54. The first-order valence-corrected chi connectivity index (χ1v) is 6.82. The van der Waals surface area contributed by atoms with E-state index >= 15 is 0 Å². The number of nitrogens with zero attached hydrogens (tertiary/aromatic N) is 1. The predicted octanol–water partition coefficient (Wildman–Crippen LogP) is 2.94. The van der Waals surface area contributed by atoms with Crippen molar-refractivity contribution in [2.45, 2.75) is 19.3 Å². The molecule has 1 aliphatic rings. The number of allylic oxidation sites excluding steroid dienone is 3. The summed E-state index contributed by atoms with van der Waals surface area (Å²) in [6.07, 6.45) is 5.60. The Kier molecular flexibility index (Phi) is 4.53. The molecule has 0 saturated carbocycles. The second-order valence-electron chi connectivity index (χ2n) is 4.72. The van der Waals surface area contributed by atoms with Crippen LogP contribution in [0.4, 0.5) is 5.69 Å². The molecule has 0 aliphatic carbocycles. The van der Waals surface area contributed by atoms with Crippen molar-refractivity contribution in [1.82, 2.24) is 0 Å². The van der Waals surface area contributed by atoms with E-state index in [1.807, 2.05) is 24.3 Å². The van der Waals surface area contributed by atoms with Crippen LogP contribution in [0.15, 0.2) is 60.8 Å². The Hall–Kier alpha value is -2.13. The van der Waals surface area contributed by atoms with E-state index in [1.165, 1.54) is 0 Å². The molecule has 3 heteroatoms. The van der Waals surface area contributed by atoms with Crippen LogP contribution in [0.5, 0.6) is 0 Å². The van der Waals surface area contributed by atoms with Crippen LogP contribution in [-0.4, -0.2) is 12.5 Å². The van der Waals surface area contributed by atoms with E-state index < -0.39 is 0 Å². The molecule has 1 aromatic rings. The van der Waals surface area contributed by atoms with Crippen molar-refractivity contribution >= 4 is 11.6 Å². The van der Waals surface area contributed by atoms with Crippen molar-refractivity contribution in [3.8, 4) is 0 Å². The second kappa shape index (κ2) is 6.35. The number of amides is 1. The van der Waals surface area contributed by atoms with Gasteiger partial charge in [0.25, 0.3) is 0 Å². The second-order valence-corrected chi connectivity index (χ2v) is 4.72. The van der Waals surface area contributed by atoms with E-state index in [-0.39, 0.29) is 5.91 Å². The molecule has 0 bridgehead atoms. The summed E-state index contributed by atoms with van der Waals surface area (Å²) in [5.74, 6) is -0.00361. The number of hydrogen-bond acceptors (Lipinski definition) is 2. The Morgan fingerprint density at radius 3 is 2.65 bits per heavy atom. The molecule has 0 radical (unpaired) electrons. The Labute approximate surface area is 120 Å². The molecule has 0 atom stereocenters. The van der Waals surface area contributed by atoms with Gasteiger partial charge in [0.15, 0.2) is 0 Å². The molecule has 1 amide bonds. The Morgan fingerprint density at radius 2 is 2.00 bits per heavy atom. The molecule has 0 fully saturated rings. The van der Waals surface area contributed by atoms with E-state index in [0.717, 1.165) is 35.4 Å². The fourth-order valence-electron chi connectivity index (χ4n) is 2.54. The van der Waals surface area contributed by atoms with Gasteiger partial charge < -0.3 is 5.73 Å². The lowest BCUT2D eigenvalue weighted by atomic mass is 10.0. The number of nitrogens with two attached hydrogens (primary N) is 1. The average Bonchev–Trinajstić information content (AvgIpc) is 2.63. The van der Waals surface area contributed by atoms with Gasteiger partial charge in [-0.3, -0.25) is 9.69 Å². The zero-order chi connectivity index (χ0) is 14.5. The molecule has 1 heterocycles. The minimum absolute atomic E-state index is 0.00361. The third kappa shape index (κ3) is 2.58. The number of para-hydroxylation sites is 1. The van der Waals surface area contributed by atoms with Gasteiger partial charge in [0, 0.05) is 13.0 Å². The molecule has 0 unspecified atom stereocenters. The quantitative estimate of drug-likeness (QED) is 0.912. The van der Waals surface area contributed by atoms with E-state index in [2.05, 4.69) is 19.2 Å². The van der Waals surface area contributed by atoms with Gasteiger partial charge in [0.1, 0.15) is 0 Å². The van der Waals surface area contributed by atoms with Gasteiger partial charge in [-0.25, -0.2) is 0 Å². The summed E-state index contributed by atoms with van der Waals surface area (Å²) in [4.78, 5) is 14.2. The van der Waals surface area contributed by atoms with Gasteiger partial charge in [-0.05, 0) is 36.1 Å². The van der Waals surface area contributed by atoms with Crippen LogP contribution in [0.25, 0.3) is 0 Å². The zero-order valence-corrected chi connectivity index (χ0v) is 11.6. The average molecular weight is 268 g/mol. The molecule has 104 valence electrons. The summed E-state index contributed by atoms with van der Waals surface area (Å²) in [6.45, 7) is 8.06. The SMILES string of the molecule is C=CC1=C(C=C)N(C(=O)CCN)c2ccccc2CC1. The van der Waals surface area contributed by atoms with Crippen LogP contribution >= 0.6 is 0 Å². The summed E-state index contributed by atoms with van der Waals surface area (Å²) in [5, 5.41) is 0. The smallest absolute Gasteiger partial charge is 0.232 e. The normalized spacial score (nSPS) is 14.6. The maximum absolute atomic E-state index is 12.5. The number of aryl methyl sites for hydroxylation is 1. The fraction of sp³-hybridized carbons (Fsp3) is 0.235. The lowest BCUT2D eigenvalue weighted by Crippen LogP contribution is -2.31. The molecule has 1 aliphatic heterocycles. The number of benzene rings is 1. The Bertz CT molecular complexity index is 572. The molecule has 0 aromatic heterocycles. The largest absolute Gasteiger partial charge is 0.330 e. The first-order valence-electron chi connectivity index (χ1n) is 6.82. The molecular weight excluding hydrogens is 248 g/mol. The van der Waals surface area contributed by atoms with Crippen molar-refractivity contribution in [3.63, 3.8) is 0 Å². The van der Waals surface area contributed by atoms with Gasteiger partial charge in [0.2, 0.25) is 5.91 Å². The highest BCUT2D eigenvalue weighted by atomic mass is 16.2. The maximum Gasteiger partial charge on any atom is 0.232 e. The van der Waals surface area contributed by atoms with Crippen LogP contribution in [-0.2, 0) is 11.2 Å². The summed E-state index contributed by atoms with van der Waals surface area (Å²) >= 11 is 0. The highest BCUT2D eigenvalue weighted by Gasteiger charge is 2.24. The van der Waals surface area contributed by atoms with Gasteiger partial charge >= 0.3 is 0 Å². The van der Waals surface area contributed by atoms with E-state index in [0.29, 0.717) is 13.0 Å². The van der Waals surface area contributed by atoms with Gasteiger partial charge in [0.05, 0.1) is 11.4 Å². The predicted molar refractivity (Wildman–Crippen MR) is 83.3 cm³/mol. The molecule has 0 spiro atoms. The molecule has 2 rings (SSSR count). The highest BCUT2D eigenvalue weighted by molar-refractivity contribution is 5.98. The van der Waals surface area contributed by atoms with Crippen LogP contribution in [0.2, 0.25) is 0 Å². The number of rotatable bonds is 4.